The van der Waals surface area contributed by atoms with Crippen LogP contribution in [0.3, 0.4) is 0 Å². The third-order valence-corrected chi connectivity index (χ3v) is 5.84. The molecule has 1 saturated carbocycles. The maximum atomic E-state index is 12.7. The summed E-state index contributed by atoms with van der Waals surface area (Å²) < 4.78 is 13.0. The molecule has 152 valence electrons. The van der Waals surface area contributed by atoms with Gasteiger partial charge in [-0.3, -0.25) is 9.48 Å². The van der Waals surface area contributed by atoms with Crippen LogP contribution >= 0.6 is 0 Å². The number of hydrogen-bond donors (Lipinski definition) is 0. The van der Waals surface area contributed by atoms with Crippen LogP contribution in [0.2, 0.25) is 0 Å². The molecule has 0 spiro atoms. The number of carbonyl (C=O) groups excluding carboxylic acids is 1. The highest BCUT2D eigenvalue weighted by Gasteiger charge is 2.32. The van der Waals surface area contributed by atoms with Crippen molar-refractivity contribution in [2.24, 2.45) is 5.92 Å². The fourth-order valence-corrected chi connectivity index (χ4v) is 4.20. The number of nitrogens with zero attached hydrogens (tertiary/aromatic N) is 5. The zero-order valence-corrected chi connectivity index (χ0v) is 16.5. The fourth-order valence-electron chi connectivity index (χ4n) is 4.20. The average molecular weight is 387 g/mol. The maximum absolute atomic E-state index is 12.7. The van der Waals surface area contributed by atoms with Crippen molar-refractivity contribution in [2.75, 3.05) is 26.3 Å². The van der Waals surface area contributed by atoms with Crippen LogP contribution in [0.1, 0.15) is 67.1 Å². The molecule has 8 heteroatoms. The van der Waals surface area contributed by atoms with E-state index < -0.39 is 0 Å². The van der Waals surface area contributed by atoms with E-state index >= 15 is 0 Å². The number of carbonyl (C=O) groups is 1. The summed E-state index contributed by atoms with van der Waals surface area (Å²) in [5, 5.41) is 8.28. The van der Waals surface area contributed by atoms with Gasteiger partial charge in [0.25, 0.3) is 5.91 Å². The van der Waals surface area contributed by atoms with Crippen molar-refractivity contribution in [3.63, 3.8) is 0 Å². The monoisotopic (exact) mass is 387 g/mol. The van der Waals surface area contributed by atoms with Crippen LogP contribution < -0.4 is 0 Å². The van der Waals surface area contributed by atoms with Gasteiger partial charge in [-0.05, 0) is 38.2 Å². The van der Waals surface area contributed by atoms with Crippen LogP contribution in [0.4, 0.5) is 0 Å². The minimum Gasteiger partial charge on any atom is -0.381 e. The van der Waals surface area contributed by atoms with Crippen LogP contribution in [0.15, 0.2) is 16.8 Å². The van der Waals surface area contributed by atoms with E-state index in [-0.39, 0.29) is 11.8 Å². The van der Waals surface area contributed by atoms with Gasteiger partial charge in [-0.25, -0.2) is 0 Å². The van der Waals surface area contributed by atoms with Crippen molar-refractivity contribution in [1.82, 2.24) is 24.8 Å². The molecule has 8 nitrogen and oxygen atoms in total. The highest BCUT2D eigenvalue weighted by Crippen LogP contribution is 2.27. The van der Waals surface area contributed by atoms with Crippen molar-refractivity contribution in [1.29, 1.82) is 0 Å². The van der Waals surface area contributed by atoms with Crippen molar-refractivity contribution >= 4 is 5.91 Å². The zero-order valence-electron chi connectivity index (χ0n) is 16.5. The molecule has 0 bridgehead atoms. The van der Waals surface area contributed by atoms with Crippen LogP contribution in [0.5, 0.6) is 0 Å². The Bertz CT molecular complexity index is 780. The summed E-state index contributed by atoms with van der Waals surface area (Å²) in [5.41, 5.74) is 0.633. The van der Waals surface area contributed by atoms with Gasteiger partial charge in [0.15, 0.2) is 5.82 Å². The Morgan fingerprint density at radius 3 is 3.00 bits per heavy atom. The predicted molar refractivity (Wildman–Crippen MR) is 102 cm³/mol. The second-order valence-corrected chi connectivity index (χ2v) is 7.79. The third kappa shape index (κ3) is 4.27. The van der Waals surface area contributed by atoms with E-state index in [9.17, 15) is 4.79 Å². The highest BCUT2D eigenvalue weighted by atomic mass is 16.5. The number of aryl methyl sites for hydroxylation is 1. The maximum Gasteiger partial charge on any atom is 0.272 e. The largest absolute Gasteiger partial charge is 0.381 e. The summed E-state index contributed by atoms with van der Waals surface area (Å²) in [6.45, 7) is 5.44. The molecule has 1 atom stereocenters. The van der Waals surface area contributed by atoms with Gasteiger partial charge < -0.3 is 14.2 Å². The van der Waals surface area contributed by atoms with Gasteiger partial charge in [0.05, 0.1) is 12.5 Å². The van der Waals surface area contributed by atoms with Crippen molar-refractivity contribution in [3.8, 4) is 0 Å². The molecule has 1 saturated heterocycles. The number of rotatable bonds is 8. The molecule has 1 unspecified atom stereocenters. The molecule has 2 aliphatic rings. The molecule has 1 aliphatic carbocycles. The molecule has 0 N–H and O–H groups in total. The van der Waals surface area contributed by atoms with Crippen LogP contribution in [0, 0.1) is 5.92 Å². The van der Waals surface area contributed by atoms with Gasteiger partial charge in [0, 0.05) is 38.9 Å². The smallest absolute Gasteiger partial charge is 0.272 e. The highest BCUT2D eigenvalue weighted by molar-refractivity contribution is 5.92. The number of hydrogen-bond acceptors (Lipinski definition) is 6. The van der Waals surface area contributed by atoms with Crippen LogP contribution in [-0.4, -0.2) is 57.0 Å². The Balaban J connectivity index is 1.25. The Kier molecular flexibility index (Phi) is 6.04. The van der Waals surface area contributed by atoms with E-state index in [1.165, 1.54) is 25.7 Å². The summed E-state index contributed by atoms with van der Waals surface area (Å²) in [6, 6.07) is 1.77. The minimum atomic E-state index is 0.0156. The molecule has 2 aromatic rings. The fraction of sp³-hybridized carbons (Fsp3) is 0.700. The van der Waals surface area contributed by atoms with Gasteiger partial charge in [0.2, 0.25) is 5.89 Å². The molecular weight excluding hydrogens is 358 g/mol. The summed E-state index contributed by atoms with van der Waals surface area (Å²) in [6.07, 6.45) is 8.44. The first-order valence-electron chi connectivity index (χ1n) is 10.5. The average Bonchev–Trinajstić information content (AvgIpc) is 3.50. The first kappa shape index (κ1) is 19.1. The predicted octanol–water partition coefficient (Wildman–Crippen LogP) is 2.67. The summed E-state index contributed by atoms with van der Waals surface area (Å²) in [7, 11) is 0. The Morgan fingerprint density at radius 2 is 2.18 bits per heavy atom. The van der Waals surface area contributed by atoms with Crippen LogP contribution in [-0.2, 0) is 17.7 Å². The SMILES string of the molecule is CCn1nccc1C(=O)N1CCC(c2nc(CCOCC3CCCC3)no2)C1. The molecule has 3 heterocycles. The molecule has 4 rings (SSSR count). The lowest BCUT2D eigenvalue weighted by molar-refractivity contribution is 0.0777. The normalized spacial score (nSPS) is 20.3. The first-order valence-corrected chi connectivity index (χ1v) is 10.5. The van der Waals surface area contributed by atoms with Gasteiger partial charge >= 0.3 is 0 Å². The van der Waals surface area contributed by atoms with Crippen LogP contribution in [0.25, 0.3) is 0 Å². The minimum absolute atomic E-state index is 0.0156. The molecule has 0 aromatic carbocycles. The van der Waals surface area contributed by atoms with E-state index in [1.54, 1.807) is 16.9 Å². The Hall–Kier alpha value is -2.22. The third-order valence-electron chi connectivity index (χ3n) is 5.84. The number of ether oxygens (including phenoxy) is 1. The summed E-state index contributed by atoms with van der Waals surface area (Å²) in [4.78, 5) is 19.1. The zero-order chi connectivity index (χ0) is 19.3. The number of likely N-dealkylation sites (tertiary alicyclic amines) is 1. The lowest BCUT2D eigenvalue weighted by Crippen LogP contribution is -2.30. The standard InChI is InChI=1S/C20H29N5O3/c1-2-25-17(7-10-21-25)20(26)24-11-8-16(13-24)19-22-18(23-28-19)9-12-27-14-15-5-3-4-6-15/h7,10,15-16H,2-6,8-9,11-14H2,1H3. The summed E-state index contributed by atoms with van der Waals surface area (Å²) >= 11 is 0. The van der Waals surface area contributed by atoms with E-state index in [0.717, 1.165) is 18.9 Å². The van der Waals surface area contributed by atoms with Gasteiger partial charge in [-0.1, -0.05) is 18.0 Å². The molecule has 2 aromatic heterocycles. The number of aromatic nitrogens is 4. The quantitative estimate of drug-likeness (QED) is 0.647. The molecule has 2 fully saturated rings. The lowest BCUT2D eigenvalue weighted by Gasteiger charge is -2.16. The van der Waals surface area contributed by atoms with Gasteiger partial charge in [-0.15, -0.1) is 0 Å². The van der Waals surface area contributed by atoms with Crippen molar-refractivity contribution < 1.29 is 14.1 Å². The molecule has 1 aliphatic heterocycles. The van der Waals surface area contributed by atoms with E-state index in [0.29, 0.717) is 50.1 Å². The Morgan fingerprint density at radius 1 is 1.32 bits per heavy atom. The van der Waals surface area contributed by atoms with Gasteiger partial charge in [-0.2, -0.15) is 10.1 Å². The Labute approximate surface area is 165 Å². The molecule has 28 heavy (non-hydrogen) atoms. The van der Waals surface area contributed by atoms with E-state index in [2.05, 4.69) is 15.2 Å². The second-order valence-electron chi connectivity index (χ2n) is 7.79. The van der Waals surface area contributed by atoms with Gasteiger partial charge in [0.1, 0.15) is 5.69 Å². The molecular formula is C20H29N5O3. The second kappa shape index (κ2) is 8.86. The van der Waals surface area contributed by atoms with E-state index in [4.69, 9.17) is 9.26 Å². The number of amides is 1. The topological polar surface area (TPSA) is 86.3 Å². The molecule has 0 radical (unpaired) electrons. The molecule has 1 amide bonds. The summed E-state index contributed by atoms with van der Waals surface area (Å²) in [5.74, 6) is 2.16. The van der Waals surface area contributed by atoms with E-state index in [1.807, 2.05) is 11.8 Å². The van der Waals surface area contributed by atoms with Crippen molar-refractivity contribution in [2.45, 2.75) is 57.9 Å². The lowest BCUT2D eigenvalue weighted by atomic mass is 10.1. The van der Waals surface area contributed by atoms with Crippen molar-refractivity contribution in [3.05, 3.63) is 29.7 Å². The first-order chi connectivity index (χ1) is 13.7.